The summed E-state index contributed by atoms with van der Waals surface area (Å²) in [6.45, 7) is 7.38. The number of carbonyl (C=O) groups is 2. The predicted molar refractivity (Wildman–Crippen MR) is 110 cm³/mol. The highest BCUT2D eigenvalue weighted by Crippen LogP contribution is 2.27. The maximum Gasteiger partial charge on any atom is 0.409 e. The SMILES string of the molecule is CC(C)COC(=O)N1CCC(C(=O)N2CCOC(c3ccc(Br)cc3)C2)CC1. The molecule has 2 fully saturated rings. The van der Waals surface area contributed by atoms with Crippen LogP contribution in [0, 0.1) is 11.8 Å². The van der Waals surface area contributed by atoms with Crippen LogP contribution < -0.4 is 0 Å². The van der Waals surface area contributed by atoms with Crippen molar-refractivity contribution in [2.45, 2.75) is 32.8 Å². The Kier molecular flexibility index (Phi) is 7.35. The van der Waals surface area contributed by atoms with Crippen molar-refractivity contribution in [3.63, 3.8) is 0 Å². The average Bonchev–Trinajstić information content (AvgIpc) is 2.72. The molecule has 2 amide bonds. The number of rotatable bonds is 4. The van der Waals surface area contributed by atoms with Crippen LogP contribution in [-0.2, 0) is 14.3 Å². The maximum absolute atomic E-state index is 13.0. The summed E-state index contributed by atoms with van der Waals surface area (Å²) < 4.78 is 12.2. The predicted octanol–water partition coefficient (Wildman–Crippen LogP) is 3.85. The van der Waals surface area contributed by atoms with E-state index in [1.165, 1.54) is 0 Å². The van der Waals surface area contributed by atoms with Crippen LogP contribution in [0.3, 0.4) is 0 Å². The largest absolute Gasteiger partial charge is 0.449 e. The van der Waals surface area contributed by atoms with Crippen LogP contribution in [0.1, 0.15) is 38.4 Å². The lowest BCUT2D eigenvalue weighted by molar-refractivity contribution is -0.144. The number of amides is 2. The molecule has 0 spiro atoms. The second-order valence-electron chi connectivity index (χ2n) is 7.93. The summed E-state index contributed by atoms with van der Waals surface area (Å²) in [5.41, 5.74) is 1.09. The molecule has 0 radical (unpaired) electrons. The molecule has 1 aromatic carbocycles. The molecule has 2 saturated heterocycles. The molecule has 154 valence electrons. The minimum atomic E-state index is -0.263. The average molecular weight is 453 g/mol. The third-order valence-electron chi connectivity index (χ3n) is 5.26. The van der Waals surface area contributed by atoms with Gasteiger partial charge in [-0.05, 0) is 36.5 Å². The fraction of sp³-hybridized carbons (Fsp3) is 0.619. The first-order valence-electron chi connectivity index (χ1n) is 10.0. The van der Waals surface area contributed by atoms with Crippen LogP contribution in [0.25, 0.3) is 0 Å². The van der Waals surface area contributed by atoms with Crippen LogP contribution in [0.4, 0.5) is 4.79 Å². The quantitative estimate of drug-likeness (QED) is 0.695. The molecule has 3 rings (SSSR count). The van der Waals surface area contributed by atoms with E-state index in [1.807, 2.05) is 43.0 Å². The summed E-state index contributed by atoms with van der Waals surface area (Å²) in [6, 6.07) is 8.05. The smallest absolute Gasteiger partial charge is 0.409 e. The Bertz CT molecular complexity index is 671. The first-order chi connectivity index (χ1) is 13.4. The van der Waals surface area contributed by atoms with Crippen molar-refractivity contribution in [2.75, 3.05) is 39.4 Å². The molecule has 28 heavy (non-hydrogen) atoms. The zero-order valence-electron chi connectivity index (χ0n) is 16.6. The molecular formula is C21H29BrN2O4. The zero-order chi connectivity index (χ0) is 20.1. The molecule has 0 aliphatic carbocycles. The number of hydrogen-bond acceptors (Lipinski definition) is 4. The number of piperidine rings is 1. The monoisotopic (exact) mass is 452 g/mol. The number of carbonyl (C=O) groups excluding carboxylic acids is 2. The highest BCUT2D eigenvalue weighted by atomic mass is 79.9. The normalized spacial score (nSPS) is 21.1. The van der Waals surface area contributed by atoms with Gasteiger partial charge in [-0.2, -0.15) is 0 Å². The molecule has 6 nitrogen and oxygen atoms in total. The molecule has 0 N–H and O–H groups in total. The topological polar surface area (TPSA) is 59.1 Å². The van der Waals surface area contributed by atoms with Gasteiger partial charge in [-0.3, -0.25) is 4.79 Å². The van der Waals surface area contributed by atoms with Crippen molar-refractivity contribution in [2.24, 2.45) is 11.8 Å². The summed E-state index contributed by atoms with van der Waals surface area (Å²) in [5.74, 6) is 0.474. The minimum absolute atomic E-state index is 0.0298. The van der Waals surface area contributed by atoms with Crippen LogP contribution in [-0.4, -0.2) is 61.2 Å². The molecule has 7 heteroatoms. The lowest BCUT2D eigenvalue weighted by Gasteiger charge is -2.37. The second-order valence-corrected chi connectivity index (χ2v) is 8.84. The van der Waals surface area contributed by atoms with Crippen LogP contribution in [0.2, 0.25) is 0 Å². The Balaban J connectivity index is 1.50. The molecular weight excluding hydrogens is 424 g/mol. The first-order valence-corrected chi connectivity index (χ1v) is 10.8. The van der Waals surface area contributed by atoms with E-state index in [0.29, 0.717) is 58.2 Å². The minimum Gasteiger partial charge on any atom is -0.449 e. The Hall–Kier alpha value is -1.60. The molecule has 1 unspecified atom stereocenters. The number of hydrogen-bond donors (Lipinski definition) is 0. The zero-order valence-corrected chi connectivity index (χ0v) is 18.2. The van der Waals surface area contributed by atoms with E-state index in [1.54, 1.807) is 4.90 Å². The van der Waals surface area contributed by atoms with E-state index in [0.717, 1.165) is 10.0 Å². The van der Waals surface area contributed by atoms with E-state index in [4.69, 9.17) is 9.47 Å². The van der Waals surface area contributed by atoms with Crippen molar-refractivity contribution < 1.29 is 19.1 Å². The Morgan fingerprint density at radius 2 is 1.82 bits per heavy atom. The Morgan fingerprint density at radius 1 is 1.14 bits per heavy atom. The third-order valence-corrected chi connectivity index (χ3v) is 5.79. The van der Waals surface area contributed by atoms with Gasteiger partial charge in [0.05, 0.1) is 19.8 Å². The number of benzene rings is 1. The molecule has 2 aliphatic rings. The number of likely N-dealkylation sites (tertiary alicyclic amines) is 1. The molecule has 0 aromatic heterocycles. The van der Waals surface area contributed by atoms with E-state index in [2.05, 4.69) is 15.9 Å². The molecule has 1 aromatic rings. The van der Waals surface area contributed by atoms with E-state index in [9.17, 15) is 9.59 Å². The van der Waals surface area contributed by atoms with Gasteiger partial charge in [-0.25, -0.2) is 4.79 Å². The number of halogens is 1. The summed E-state index contributed by atoms with van der Waals surface area (Å²) in [6.07, 6.45) is 1.03. The van der Waals surface area contributed by atoms with Gasteiger partial charge in [0.25, 0.3) is 0 Å². The lowest BCUT2D eigenvalue weighted by Crippen LogP contribution is -2.48. The number of nitrogens with zero attached hydrogens (tertiary/aromatic N) is 2. The summed E-state index contributed by atoms with van der Waals surface area (Å²) in [5, 5.41) is 0. The number of morpholine rings is 1. The van der Waals surface area contributed by atoms with Gasteiger partial charge in [0.2, 0.25) is 5.91 Å². The van der Waals surface area contributed by atoms with Crippen LogP contribution in [0.15, 0.2) is 28.7 Å². The van der Waals surface area contributed by atoms with Gasteiger partial charge in [-0.1, -0.05) is 41.9 Å². The van der Waals surface area contributed by atoms with Crippen molar-refractivity contribution in [3.05, 3.63) is 34.3 Å². The van der Waals surface area contributed by atoms with Crippen molar-refractivity contribution >= 4 is 27.9 Å². The van der Waals surface area contributed by atoms with Crippen molar-refractivity contribution in [1.29, 1.82) is 0 Å². The van der Waals surface area contributed by atoms with Gasteiger partial charge >= 0.3 is 6.09 Å². The van der Waals surface area contributed by atoms with Gasteiger partial charge in [0, 0.05) is 30.0 Å². The maximum atomic E-state index is 13.0. The highest BCUT2D eigenvalue weighted by Gasteiger charge is 2.33. The van der Waals surface area contributed by atoms with E-state index >= 15 is 0 Å². The van der Waals surface area contributed by atoms with E-state index < -0.39 is 0 Å². The fourth-order valence-electron chi connectivity index (χ4n) is 3.62. The molecule has 2 heterocycles. The van der Waals surface area contributed by atoms with Gasteiger partial charge in [0.1, 0.15) is 6.10 Å². The fourth-order valence-corrected chi connectivity index (χ4v) is 3.89. The third kappa shape index (κ3) is 5.47. The van der Waals surface area contributed by atoms with Gasteiger partial charge < -0.3 is 19.3 Å². The van der Waals surface area contributed by atoms with Gasteiger partial charge in [0.15, 0.2) is 0 Å². The van der Waals surface area contributed by atoms with Gasteiger partial charge in [-0.15, -0.1) is 0 Å². The number of ether oxygens (including phenoxy) is 2. The summed E-state index contributed by atoms with van der Waals surface area (Å²) in [7, 11) is 0. The summed E-state index contributed by atoms with van der Waals surface area (Å²) in [4.78, 5) is 28.7. The Morgan fingerprint density at radius 3 is 2.46 bits per heavy atom. The molecule has 0 bridgehead atoms. The second kappa shape index (κ2) is 9.74. The Labute approximate surface area is 175 Å². The van der Waals surface area contributed by atoms with Crippen molar-refractivity contribution in [1.82, 2.24) is 9.80 Å². The molecule has 2 aliphatic heterocycles. The van der Waals surface area contributed by atoms with Crippen LogP contribution in [0.5, 0.6) is 0 Å². The van der Waals surface area contributed by atoms with E-state index in [-0.39, 0.29) is 24.0 Å². The summed E-state index contributed by atoms with van der Waals surface area (Å²) >= 11 is 3.45. The highest BCUT2D eigenvalue weighted by molar-refractivity contribution is 9.10. The first kappa shape index (κ1) is 21.1. The van der Waals surface area contributed by atoms with Crippen molar-refractivity contribution in [3.8, 4) is 0 Å². The standard InChI is InChI=1S/C21H29BrN2O4/c1-15(2)14-28-21(26)23-9-7-17(8-10-23)20(25)24-11-12-27-19(13-24)16-3-5-18(22)6-4-16/h3-6,15,17,19H,7-14H2,1-2H3. The lowest BCUT2D eigenvalue weighted by atomic mass is 9.95. The molecule has 0 saturated carbocycles. The van der Waals surface area contributed by atoms with Crippen LogP contribution >= 0.6 is 15.9 Å². The molecule has 1 atom stereocenters.